The molecule has 0 unspecified atom stereocenters. The van der Waals surface area contributed by atoms with E-state index in [1.165, 1.54) is 12.1 Å². The van der Waals surface area contributed by atoms with E-state index in [2.05, 4.69) is 0 Å². The van der Waals surface area contributed by atoms with E-state index >= 15 is 0 Å². The second-order valence-electron chi connectivity index (χ2n) is 3.58. The topological polar surface area (TPSA) is 106 Å². The van der Waals surface area contributed by atoms with E-state index in [1.807, 2.05) is 0 Å². The summed E-state index contributed by atoms with van der Waals surface area (Å²) in [6.07, 6.45) is 0.424. The van der Waals surface area contributed by atoms with E-state index in [0.29, 0.717) is 6.29 Å². The standard InChI is InChI=1S/C11H12FN3O3/c12-8-3-1-2-7(6-16)11(8)15(4-9(13)17)5-10(14)18/h1-3,6H,4-5H2,(H2,13,17)(H2,14,18). The molecule has 96 valence electrons. The quantitative estimate of drug-likeness (QED) is 0.661. The van der Waals surface area contributed by atoms with Gasteiger partial charge in [-0.05, 0) is 12.1 Å². The monoisotopic (exact) mass is 253 g/mol. The molecule has 0 aliphatic rings. The van der Waals surface area contributed by atoms with E-state index in [1.54, 1.807) is 0 Å². The lowest BCUT2D eigenvalue weighted by atomic mass is 10.1. The molecule has 0 fully saturated rings. The first-order valence-corrected chi connectivity index (χ1v) is 5.01. The van der Waals surface area contributed by atoms with Gasteiger partial charge >= 0.3 is 0 Å². The van der Waals surface area contributed by atoms with Gasteiger partial charge in [-0.1, -0.05) is 6.07 Å². The second kappa shape index (κ2) is 5.76. The number of primary amides is 2. The third kappa shape index (κ3) is 3.27. The highest BCUT2D eigenvalue weighted by atomic mass is 19.1. The summed E-state index contributed by atoms with van der Waals surface area (Å²) in [5.41, 5.74) is 9.86. The molecule has 6 nitrogen and oxygen atoms in total. The lowest BCUT2D eigenvalue weighted by molar-refractivity contribution is -0.117. The lowest BCUT2D eigenvalue weighted by Gasteiger charge is -2.23. The molecule has 0 aliphatic carbocycles. The summed E-state index contributed by atoms with van der Waals surface area (Å²) < 4.78 is 13.7. The maximum absolute atomic E-state index is 13.7. The Balaban J connectivity index is 3.22. The van der Waals surface area contributed by atoms with Gasteiger partial charge in [-0.2, -0.15) is 0 Å². The summed E-state index contributed by atoms with van der Waals surface area (Å²) in [5, 5.41) is 0. The van der Waals surface area contributed by atoms with Gasteiger partial charge in [0.1, 0.15) is 5.82 Å². The minimum absolute atomic E-state index is 0.0116. The van der Waals surface area contributed by atoms with Gasteiger partial charge < -0.3 is 16.4 Å². The van der Waals surface area contributed by atoms with Gasteiger partial charge in [0.05, 0.1) is 18.8 Å². The lowest BCUT2D eigenvalue weighted by Crippen LogP contribution is -2.40. The summed E-state index contributed by atoms with van der Waals surface area (Å²) in [7, 11) is 0. The van der Waals surface area contributed by atoms with E-state index in [9.17, 15) is 18.8 Å². The SMILES string of the molecule is NC(=O)CN(CC(N)=O)c1c(F)cccc1C=O. The normalized spacial score (nSPS) is 9.83. The summed E-state index contributed by atoms with van der Waals surface area (Å²) in [5.74, 6) is -2.27. The average molecular weight is 253 g/mol. The number of benzene rings is 1. The first-order chi connectivity index (χ1) is 8.45. The van der Waals surface area contributed by atoms with Crippen LogP contribution in [0, 0.1) is 5.82 Å². The molecule has 0 aliphatic heterocycles. The van der Waals surface area contributed by atoms with E-state index in [0.717, 1.165) is 11.0 Å². The zero-order valence-corrected chi connectivity index (χ0v) is 9.43. The number of carbonyl (C=O) groups is 3. The highest BCUT2D eigenvalue weighted by Gasteiger charge is 2.19. The van der Waals surface area contributed by atoms with Crippen molar-refractivity contribution in [2.75, 3.05) is 18.0 Å². The first-order valence-electron chi connectivity index (χ1n) is 5.01. The number of hydrogen-bond donors (Lipinski definition) is 2. The Morgan fingerprint density at radius 1 is 1.22 bits per heavy atom. The van der Waals surface area contributed by atoms with Crippen LogP contribution in [0.1, 0.15) is 10.4 Å². The Labute approximate surface area is 102 Å². The molecule has 2 amide bonds. The van der Waals surface area contributed by atoms with Crippen LogP contribution < -0.4 is 16.4 Å². The number of hydrogen-bond acceptors (Lipinski definition) is 4. The third-order valence-corrected chi connectivity index (χ3v) is 2.15. The minimum atomic E-state index is -0.767. The van der Waals surface area contributed by atoms with Crippen molar-refractivity contribution in [1.29, 1.82) is 0 Å². The van der Waals surface area contributed by atoms with Crippen LogP contribution in [0.2, 0.25) is 0 Å². The van der Waals surface area contributed by atoms with E-state index in [-0.39, 0.29) is 11.3 Å². The average Bonchev–Trinajstić information content (AvgIpc) is 2.26. The van der Waals surface area contributed by atoms with E-state index in [4.69, 9.17) is 11.5 Å². The zero-order chi connectivity index (χ0) is 13.7. The van der Waals surface area contributed by atoms with Crippen molar-refractivity contribution in [3.63, 3.8) is 0 Å². The number of aldehydes is 1. The Morgan fingerprint density at radius 3 is 2.22 bits per heavy atom. The summed E-state index contributed by atoms with van der Waals surface area (Å²) in [6, 6.07) is 3.81. The molecular formula is C11H12FN3O3. The van der Waals surface area contributed by atoms with Crippen LogP contribution >= 0.6 is 0 Å². The highest BCUT2D eigenvalue weighted by Crippen LogP contribution is 2.22. The smallest absolute Gasteiger partial charge is 0.236 e. The van der Waals surface area contributed by atoms with Crippen LogP contribution in [0.5, 0.6) is 0 Å². The number of halogens is 1. The largest absolute Gasteiger partial charge is 0.368 e. The Hall–Kier alpha value is -2.44. The Bertz CT molecular complexity index is 474. The summed E-state index contributed by atoms with van der Waals surface area (Å²) in [4.78, 5) is 33.6. The van der Waals surface area contributed by atoms with Crippen LogP contribution in [0.3, 0.4) is 0 Å². The van der Waals surface area contributed by atoms with Crippen LogP contribution in [0.15, 0.2) is 18.2 Å². The van der Waals surface area contributed by atoms with Crippen molar-refractivity contribution in [2.45, 2.75) is 0 Å². The predicted octanol–water partition coefficient (Wildman–Crippen LogP) is -0.585. The van der Waals surface area contributed by atoms with Crippen molar-refractivity contribution < 1.29 is 18.8 Å². The number of anilines is 1. The van der Waals surface area contributed by atoms with Crippen molar-refractivity contribution in [3.8, 4) is 0 Å². The fourth-order valence-corrected chi connectivity index (χ4v) is 1.55. The Morgan fingerprint density at radius 2 is 1.78 bits per heavy atom. The van der Waals surface area contributed by atoms with Gasteiger partial charge in [-0.15, -0.1) is 0 Å². The molecule has 0 radical (unpaired) electrons. The molecule has 0 aromatic heterocycles. The molecule has 1 aromatic rings. The number of para-hydroxylation sites is 1. The van der Waals surface area contributed by atoms with Gasteiger partial charge in [-0.3, -0.25) is 14.4 Å². The molecule has 18 heavy (non-hydrogen) atoms. The summed E-state index contributed by atoms with van der Waals surface area (Å²) >= 11 is 0. The molecule has 1 aromatic carbocycles. The second-order valence-corrected chi connectivity index (χ2v) is 3.58. The third-order valence-electron chi connectivity index (χ3n) is 2.15. The van der Waals surface area contributed by atoms with Crippen molar-refractivity contribution in [1.82, 2.24) is 0 Å². The van der Waals surface area contributed by atoms with Crippen LogP contribution in [-0.4, -0.2) is 31.2 Å². The number of carbonyl (C=O) groups excluding carboxylic acids is 3. The van der Waals surface area contributed by atoms with Gasteiger partial charge in [0.25, 0.3) is 0 Å². The number of nitrogens with zero attached hydrogens (tertiary/aromatic N) is 1. The minimum Gasteiger partial charge on any atom is -0.368 e. The van der Waals surface area contributed by atoms with Gasteiger partial charge in [0.2, 0.25) is 11.8 Å². The van der Waals surface area contributed by atoms with Crippen LogP contribution in [-0.2, 0) is 9.59 Å². The van der Waals surface area contributed by atoms with Crippen molar-refractivity contribution in [2.24, 2.45) is 11.5 Å². The highest BCUT2D eigenvalue weighted by molar-refractivity contribution is 5.90. The fourth-order valence-electron chi connectivity index (χ4n) is 1.55. The molecule has 4 N–H and O–H groups in total. The first kappa shape index (κ1) is 13.6. The number of nitrogens with two attached hydrogens (primary N) is 2. The molecule has 0 atom stereocenters. The molecule has 1 rings (SSSR count). The number of amides is 2. The van der Waals surface area contributed by atoms with Crippen LogP contribution in [0.4, 0.5) is 10.1 Å². The van der Waals surface area contributed by atoms with Gasteiger partial charge in [-0.25, -0.2) is 4.39 Å². The molecule has 0 saturated carbocycles. The summed E-state index contributed by atoms with van der Waals surface area (Å²) in [6.45, 7) is -0.824. The van der Waals surface area contributed by atoms with Gasteiger partial charge in [0.15, 0.2) is 6.29 Å². The molecule has 0 spiro atoms. The Kier molecular flexibility index (Phi) is 4.36. The zero-order valence-electron chi connectivity index (χ0n) is 9.43. The predicted molar refractivity (Wildman–Crippen MR) is 62.4 cm³/mol. The molecule has 7 heteroatoms. The van der Waals surface area contributed by atoms with E-state index < -0.39 is 30.7 Å². The van der Waals surface area contributed by atoms with Crippen LogP contribution in [0.25, 0.3) is 0 Å². The molecule has 0 heterocycles. The van der Waals surface area contributed by atoms with Gasteiger partial charge in [0, 0.05) is 5.56 Å². The maximum Gasteiger partial charge on any atom is 0.236 e. The fraction of sp³-hybridized carbons (Fsp3) is 0.182. The van der Waals surface area contributed by atoms with Crippen molar-refractivity contribution >= 4 is 23.8 Å². The molecule has 0 bridgehead atoms. The molecular weight excluding hydrogens is 241 g/mol. The molecule has 0 saturated heterocycles. The maximum atomic E-state index is 13.7. The van der Waals surface area contributed by atoms with Crippen molar-refractivity contribution in [3.05, 3.63) is 29.6 Å². The number of rotatable bonds is 6.